The highest BCUT2D eigenvalue weighted by atomic mass is 16.3. The molecule has 0 aliphatic carbocycles. The van der Waals surface area contributed by atoms with Crippen LogP contribution in [0.15, 0.2) is 162 Å². The fraction of sp³-hybridized carbons (Fsp3) is 0.235. The van der Waals surface area contributed by atoms with Crippen molar-refractivity contribution < 1.29 is 4.42 Å². The van der Waals surface area contributed by atoms with Crippen molar-refractivity contribution in [2.24, 2.45) is 0 Å². The van der Waals surface area contributed by atoms with Crippen molar-refractivity contribution in [2.45, 2.75) is 105 Å². The minimum Gasteiger partial charge on any atom is -0.454 e. The van der Waals surface area contributed by atoms with Crippen molar-refractivity contribution in [1.82, 2.24) is 24.1 Å². The summed E-state index contributed by atoms with van der Waals surface area (Å²) in [7, 11) is 0. The predicted molar refractivity (Wildman–Crippen MR) is 313 cm³/mol. The van der Waals surface area contributed by atoms with Crippen LogP contribution >= 0.6 is 0 Å². The number of rotatable bonds is 5. The smallest absolute Gasteiger partial charge is 0.216 e. The molecule has 12 aromatic rings. The summed E-state index contributed by atoms with van der Waals surface area (Å²) in [6.07, 6.45) is 0. The molecule has 0 aliphatic heterocycles. The summed E-state index contributed by atoms with van der Waals surface area (Å²) < 4.78 is 12.2. The Balaban J connectivity index is 1.25. The second kappa shape index (κ2) is 16.8. The SMILES string of the molecule is [C-]#[N+]c1cc(-n2c3ccc(C(C)(C)C)cc3c3cc(C(C)(C)C)ccc32)c2c(oc3c(-c4nc(-c5ccccc5)nc(-c5ccccc5)n4)cccc32)c1-n1c2ccc(C(C)(C)C)cc2c2cc(C(C)(C)C)ccc21. The zero-order valence-corrected chi connectivity index (χ0v) is 45.1. The normalized spacial score (nSPS) is 12.8. The van der Waals surface area contributed by atoms with Gasteiger partial charge in [0.15, 0.2) is 23.1 Å². The average molecular weight is 979 g/mol. The van der Waals surface area contributed by atoms with Gasteiger partial charge in [0.1, 0.15) is 5.58 Å². The number of para-hydroxylation sites is 1. The van der Waals surface area contributed by atoms with E-state index in [-0.39, 0.29) is 21.7 Å². The van der Waals surface area contributed by atoms with Crippen LogP contribution in [0.1, 0.15) is 105 Å². The molecule has 0 saturated carbocycles. The molecule has 370 valence electrons. The molecule has 0 aliphatic rings. The van der Waals surface area contributed by atoms with E-state index in [4.69, 9.17) is 19.4 Å². The first-order valence-electron chi connectivity index (χ1n) is 26.1. The van der Waals surface area contributed by atoms with E-state index >= 15 is 0 Å². The third-order valence-corrected chi connectivity index (χ3v) is 15.2. The highest BCUT2D eigenvalue weighted by Gasteiger charge is 2.30. The first-order valence-corrected chi connectivity index (χ1v) is 26.1. The number of benzene rings is 8. The van der Waals surface area contributed by atoms with E-state index in [2.05, 4.69) is 188 Å². The van der Waals surface area contributed by atoms with E-state index < -0.39 is 0 Å². The lowest BCUT2D eigenvalue weighted by atomic mass is 9.85. The Hall–Kier alpha value is -8.34. The van der Waals surface area contributed by atoms with Gasteiger partial charge in [-0.2, -0.15) is 0 Å². The monoisotopic (exact) mass is 978 g/mol. The average Bonchev–Trinajstić information content (AvgIpc) is 4.05. The van der Waals surface area contributed by atoms with Crippen LogP contribution in [0.4, 0.5) is 5.69 Å². The quantitative estimate of drug-likeness (QED) is 0.161. The van der Waals surface area contributed by atoms with Gasteiger partial charge in [-0.25, -0.2) is 19.8 Å². The Kier molecular flexibility index (Phi) is 10.7. The Morgan fingerprint density at radius 1 is 0.400 bits per heavy atom. The van der Waals surface area contributed by atoms with Gasteiger partial charge in [-0.05, 0) is 105 Å². The van der Waals surface area contributed by atoms with E-state index in [0.717, 1.165) is 76.8 Å². The van der Waals surface area contributed by atoms with Gasteiger partial charge >= 0.3 is 0 Å². The second-order valence-electron chi connectivity index (χ2n) is 24.5. The Morgan fingerprint density at radius 3 is 1.20 bits per heavy atom. The highest BCUT2D eigenvalue weighted by Crippen LogP contribution is 2.49. The maximum atomic E-state index is 9.21. The van der Waals surface area contributed by atoms with Crippen LogP contribution in [0, 0.1) is 6.57 Å². The number of hydrogen-bond acceptors (Lipinski definition) is 4. The fourth-order valence-corrected chi connectivity index (χ4v) is 10.9. The minimum atomic E-state index is -0.0879. The largest absolute Gasteiger partial charge is 0.454 e. The zero-order chi connectivity index (χ0) is 52.5. The molecule has 0 spiro atoms. The number of aromatic nitrogens is 5. The molecule has 4 heterocycles. The molecule has 0 N–H and O–H groups in total. The van der Waals surface area contributed by atoms with Gasteiger partial charge in [0, 0.05) is 43.7 Å². The summed E-state index contributed by atoms with van der Waals surface area (Å²) in [6.45, 7) is 36.4. The molecule has 8 aromatic carbocycles. The summed E-state index contributed by atoms with van der Waals surface area (Å²) in [5.41, 5.74) is 14.5. The Morgan fingerprint density at radius 2 is 0.800 bits per heavy atom. The van der Waals surface area contributed by atoms with Crippen LogP contribution in [0.5, 0.6) is 0 Å². The van der Waals surface area contributed by atoms with E-state index in [1.54, 1.807) is 0 Å². The predicted octanol–water partition coefficient (Wildman–Crippen LogP) is 18.7. The molecule has 0 fully saturated rings. The molecule has 7 heteroatoms. The standard InChI is InChI=1S/C68H62N6O/c1-65(2,3)42-27-31-53-48(35-42)49-36-43(66(4,5)6)28-32-54(49)73(53)57-39-52(69-13)59(74-55-33-29-44(67(7,8)9)37-50(55)51-38-45(68(10,11)12)30-34-56(51)74)61-58(57)46-25-20-26-47(60(46)75-61)64-71-62(40-21-16-14-17-22-40)70-63(72-64)41-23-18-15-19-24-41/h14-39H,1-12H3. The van der Waals surface area contributed by atoms with Crippen LogP contribution in [0.25, 0.3) is 116 Å². The van der Waals surface area contributed by atoms with Crippen molar-refractivity contribution in [3.63, 3.8) is 0 Å². The lowest BCUT2D eigenvalue weighted by Crippen LogP contribution is -2.10. The van der Waals surface area contributed by atoms with Crippen molar-refractivity contribution in [2.75, 3.05) is 0 Å². The van der Waals surface area contributed by atoms with Gasteiger partial charge in [0.25, 0.3) is 0 Å². The molecule has 7 nitrogen and oxygen atoms in total. The van der Waals surface area contributed by atoms with E-state index in [1.165, 1.54) is 22.3 Å². The molecule has 0 amide bonds. The maximum Gasteiger partial charge on any atom is 0.216 e. The molecule has 0 bridgehead atoms. The Bertz CT molecular complexity index is 4120. The third-order valence-electron chi connectivity index (χ3n) is 15.2. The second-order valence-corrected chi connectivity index (χ2v) is 24.5. The number of furan rings is 1. The summed E-state index contributed by atoms with van der Waals surface area (Å²) >= 11 is 0. The van der Waals surface area contributed by atoms with Crippen LogP contribution in [0.3, 0.4) is 0 Å². The van der Waals surface area contributed by atoms with Gasteiger partial charge in [-0.1, -0.05) is 180 Å². The van der Waals surface area contributed by atoms with Crippen molar-refractivity contribution in [3.05, 3.63) is 191 Å². The molecule has 0 saturated heterocycles. The zero-order valence-electron chi connectivity index (χ0n) is 45.1. The van der Waals surface area contributed by atoms with Crippen molar-refractivity contribution >= 4 is 71.2 Å². The summed E-state index contributed by atoms with van der Waals surface area (Å²) in [6, 6.07) is 56.0. The summed E-state index contributed by atoms with van der Waals surface area (Å²) in [5.74, 6) is 1.62. The van der Waals surface area contributed by atoms with E-state index in [0.29, 0.717) is 40.0 Å². The van der Waals surface area contributed by atoms with E-state index in [1.807, 2.05) is 66.7 Å². The van der Waals surface area contributed by atoms with Crippen molar-refractivity contribution in [1.29, 1.82) is 0 Å². The fourth-order valence-electron chi connectivity index (χ4n) is 10.9. The first-order chi connectivity index (χ1) is 35.7. The summed E-state index contributed by atoms with van der Waals surface area (Å²) in [4.78, 5) is 20.0. The number of hydrogen-bond donors (Lipinski definition) is 0. The van der Waals surface area contributed by atoms with Crippen LogP contribution in [0.2, 0.25) is 0 Å². The molecule has 12 rings (SSSR count). The Labute approximate surface area is 439 Å². The number of fused-ring (bicyclic) bond motifs is 9. The topological polar surface area (TPSA) is 66.0 Å². The van der Waals surface area contributed by atoms with Gasteiger partial charge in [-0.3, -0.25) is 0 Å². The molecule has 0 unspecified atom stereocenters. The molecule has 4 aromatic heterocycles. The third kappa shape index (κ3) is 7.89. The molecule has 0 atom stereocenters. The highest BCUT2D eigenvalue weighted by molar-refractivity contribution is 6.20. The van der Waals surface area contributed by atoms with Gasteiger partial charge < -0.3 is 13.6 Å². The lowest BCUT2D eigenvalue weighted by molar-refractivity contribution is 0.590. The number of nitrogens with zero attached hydrogens (tertiary/aromatic N) is 6. The van der Waals surface area contributed by atoms with Crippen LogP contribution in [-0.4, -0.2) is 24.1 Å². The summed E-state index contributed by atoms with van der Waals surface area (Å²) in [5, 5.41) is 6.37. The van der Waals surface area contributed by atoms with Crippen molar-refractivity contribution in [3.8, 4) is 45.5 Å². The van der Waals surface area contributed by atoms with Crippen LogP contribution < -0.4 is 0 Å². The van der Waals surface area contributed by atoms with Gasteiger partial charge in [-0.15, -0.1) is 0 Å². The van der Waals surface area contributed by atoms with Gasteiger partial charge in [0.05, 0.1) is 45.3 Å². The minimum absolute atomic E-state index is 0.0764. The lowest BCUT2D eigenvalue weighted by Gasteiger charge is -2.20. The van der Waals surface area contributed by atoms with E-state index in [9.17, 15) is 6.57 Å². The molecular formula is C68H62N6O. The van der Waals surface area contributed by atoms with Gasteiger partial charge in [0.2, 0.25) is 5.69 Å². The molecule has 0 radical (unpaired) electrons. The molecular weight excluding hydrogens is 917 g/mol. The van der Waals surface area contributed by atoms with Crippen LogP contribution in [-0.2, 0) is 21.7 Å². The first kappa shape index (κ1) is 47.7. The maximum absolute atomic E-state index is 9.21. The molecule has 75 heavy (non-hydrogen) atoms.